The second-order valence-corrected chi connectivity index (χ2v) is 6.79. The van der Waals surface area contributed by atoms with E-state index in [1.807, 2.05) is 0 Å². The predicted octanol–water partition coefficient (Wildman–Crippen LogP) is 0.592. The number of halogens is 3. The van der Waals surface area contributed by atoms with E-state index < -0.39 is 21.8 Å². The van der Waals surface area contributed by atoms with Crippen LogP contribution in [0.4, 0.5) is 13.2 Å². The maximum atomic E-state index is 12.9. The van der Waals surface area contributed by atoms with Crippen LogP contribution in [0.5, 0.6) is 0 Å². The number of rotatable bonds is 3. The first-order valence-corrected chi connectivity index (χ1v) is 7.78. The molecule has 0 atom stereocenters. The standard InChI is InChI=1S/C10H14F3N3O2S/c1-19(17,18)5-4-16-8-2-3-14-6-7(8)15-9(16)10(11,12)13/h14H,2-6H2,1H3. The lowest BCUT2D eigenvalue weighted by Crippen LogP contribution is -2.26. The van der Waals surface area contributed by atoms with E-state index in [2.05, 4.69) is 10.3 Å². The van der Waals surface area contributed by atoms with Crippen LogP contribution in [0.3, 0.4) is 0 Å². The van der Waals surface area contributed by atoms with E-state index in [0.29, 0.717) is 24.4 Å². The van der Waals surface area contributed by atoms with E-state index in [0.717, 1.165) is 10.8 Å². The van der Waals surface area contributed by atoms with Gasteiger partial charge in [-0.05, 0) is 0 Å². The lowest BCUT2D eigenvalue weighted by Gasteiger charge is -2.16. The van der Waals surface area contributed by atoms with E-state index in [1.54, 1.807) is 0 Å². The molecule has 0 aromatic carbocycles. The van der Waals surface area contributed by atoms with Gasteiger partial charge in [-0.2, -0.15) is 13.2 Å². The first-order chi connectivity index (χ1) is 8.68. The maximum Gasteiger partial charge on any atom is 0.449 e. The molecule has 108 valence electrons. The normalized spacial score (nSPS) is 16.4. The largest absolute Gasteiger partial charge is 0.449 e. The fraction of sp³-hybridized carbons (Fsp3) is 0.700. The highest BCUT2D eigenvalue weighted by atomic mass is 32.2. The fourth-order valence-electron chi connectivity index (χ4n) is 2.09. The van der Waals surface area contributed by atoms with Gasteiger partial charge in [0.15, 0.2) is 0 Å². The molecule has 0 radical (unpaired) electrons. The molecule has 1 aliphatic heterocycles. The second-order valence-electron chi connectivity index (χ2n) is 4.53. The Bertz CT molecular complexity index is 578. The molecular formula is C10H14F3N3O2S. The molecular weight excluding hydrogens is 283 g/mol. The molecule has 2 heterocycles. The molecule has 1 aliphatic rings. The number of aromatic nitrogens is 2. The van der Waals surface area contributed by atoms with Gasteiger partial charge < -0.3 is 9.88 Å². The van der Waals surface area contributed by atoms with Crippen molar-refractivity contribution < 1.29 is 21.6 Å². The summed E-state index contributed by atoms with van der Waals surface area (Å²) in [6.07, 6.45) is -3.15. The van der Waals surface area contributed by atoms with Crippen LogP contribution in [0.15, 0.2) is 0 Å². The Kier molecular flexibility index (Phi) is 3.61. The van der Waals surface area contributed by atoms with Crippen molar-refractivity contribution in [2.75, 3.05) is 18.6 Å². The van der Waals surface area contributed by atoms with Crippen LogP contribution in [0.1, 0.15) is 17.2 Å². The van der Waals surface area contributed by atoms with Crippen molar-refractivity contribution in [3.63, 3.8) is 0 Å². The van der Waals surface area contributed by atoms with Gasteiger partial charge in [0, 0.05) is 38.0 Å². The minimum Gasteiger partial charge on any atom is -0.323 e. The summed E-state index contributed by atoms with van der Waals surface area (Å²) >= 11 is 0. The third-order valence-electron chi connectivity index (χ3n) is 2.93. The van der Waals surface area contributed by atoms with Gasteiger partial charge in [-0.25, -0.2) is 13.4 Å². The minimum absolute atomic E-state index is 0.212. The molecule has 2 rings (SSSR count). The zero-order valence-electron chi connectivity index (χ0n) is 10.3. The predicted molar refractivity (Wildman–Crippen MR) is 62.4 cm³/mol. The Balaban J connectivity index is 2.40. The summed E-state index contributed by atoms with van der Waals surface area (Å²) in [5.41, 5.74) is 0.835. The average Bonchev–Trinajstić information content (AvgIpc) is 2.63. The molecule has 0 spiro atoms. The SMILES string of the molecule is CS(=O)(=O)CCn1c(C(F)(F)F)nc2c1CCNC2. The molecule has 0 fully saturated rings. The van der Waals surface area contributed by atoms with Gasteiger partial charge in [-0.3, -0.25) is 0 Å². The molecule has 1 aromatic rings. The lowest BCUT2D eigenvalue weighted by atomic mass is 10.2. The van der Waals surface area contributed by atoms with Crippen LogP contribution in [0.25, 0.3) is 0 Å². The van der Waals surface area contributed by atoms with Gasteiger partial charge in [0.2, 0.25) is 5.82 Å². The van der Waals surface area contributed by atoms with E-state index in [1.165, 1.54) is 0 Å². The Morgan fingerprint density at radius 3 is 2.68 bits per heavy atom. The Morgan fingerprint density at radius 2 is 2.11 bits per heavy atom. The molecule has 19 heavy (non-hydrogen) atoms. The quantitative estimate of drug-likeness (QED) is 0.887. The van der Waals surface area contributed by atoms with Gasteiger partial charge in [-0.1, -0.05) is 0 Å². The Morgan fingerprint density at radius 1 is 1.42 bits per heavy atom. The summed E-state index contributed by atoms with van der Waals surface area (Å²) in [7, 11) is -3.32. The summed E-state index contributed by atoms with van der Waals surface area (Å²) in [6, 6.07) is 0. The molecule has 9 heteroatoms. The highest BCUT2D eigenvalue weighted by Gasteiger charge is 2.39. The molecule has 0 aliphatic carbocycles. The van der Waals surface area contributed by atoms with E-state index in [-0.39, 0.29) is 18.8 Å². The number of sulfone groups is 1. The molecule has 5 nitrogen and oxygen atoms in total. The smallest absolute Gasteiger partial charge is 0.323 e. The van der Waals surface area contributed by atoms with Gasteiger partial charge in [0.25, 0.3) is 0 Å². The number of nitrogens with one attached hydrogen (secondary N) is 1. The van der Waals surface area contributed by atoms with Gasteiger partial charge in [-0.15, -0.1) is 0 Å². The monoisotopic (exact) mass is 297 g/mol. The number of fused-ring (bicyclic) bond motifs is 1. The van der Waals surface area contributed by atoms with Crippen LogP contribution in [-0.2, 0) is 35.5 Å². The number of imidazole rings is 1. The van der Waals surface area contributed by atoms with Crippen molar-refractivity contribution in [1.82, 2.24) is 14.9 Å². The zero-order chi connectivity index (χ0) is 14.3. The third kappa shape index (κ3) is 3.27. The molecule has 0 unspecified atom stereocenters. The number of hydrogen-bond acceptors (Lipinski definition) is 4. The molecule has 0 saturated heterocycles. The lowest BCUT2D eigenvalue weighted by molar-refractivity contribution is -0.147. The van der Waals surface area contributed by atoms with Crippen LogP contribution >= 0.6 is 0 Å². The third-order valence-corrected chi connectivity index (χ3v) is 3.85. The summed E-state index contributed by atoms with van der Waals surface area (Å²) in [5, 5.41) is 2.94. The fourth-order valence-corrected chi connectivity index (χ4v) is 2.60. The van der Waals surface area contributed by atoms with Gasteiger partial charge in [0.1, 0.15) is 9.84 Å². The average molecular weight is 297 g/mol. The summed E-state index contributed by atoms with van der Waals surface area (Å²) in [4.78, 5) is 3.60. The van der Waals surface area contributed by atoms with Crippen molar-refractivity contribution in [2.45, 2.75) is 25.7 Å². The van der Waals surface area contributed by atoms with Crippen molar-refractivity contribution in [3.05, 3.63) is 17.2 Å². The first kappa shape index (κ1) is 14.3. The minimum atomic E-state index is -4.57. The van der Waals surface area contributed by atoms with Gasteiger partial charge in [0.05, 0.1) is 11.4 Å². The number of alkyl halides is 3. The van der Waals surface area contributed by atoms with Crippen LogP contribution in [0, 0.1) is 0 Å². The second kappa shape index (κ2) is 4.78. The molecule has 0 amide bonds. The molecule has 0 saturated carbocycles. The molecule has 1 aromatic heterocycles. The van der Waals surface area contributed by atoms with Crippen molar-refractivity contribution >= 4 is 9.84 Å². The van der Waals surface area contributed by atoms with E-state index in [4.69, 9.17) is 0 Å². The number of nitrogens with zero attached hydrogens (tertiary/aromatic N) is 2. The number of hydrogen-bond donors (Lipinski definition) is 1. The highest BCUT2D eigenvalue weighted by Crippen LogP contribution is 2.31. The van der Waals surface area contributed by atoms with Gasteiger partial charge >= 0.3 is 6.18 Å². The van der Waals surface area contributed by atoms with Crippen LogP contribution in [-0.4, -0.2) is 36.5 Å². The van der Waals surface area contributed by atoms with Crippen molar-refractivity contribution in [1.29, 1.82) is 0 Å². The summed E-state index contributed by atoms with van der Waals surface area (Å²) in [5.74, 6) is -1.34. The highest BCUT2D eigenvalue weighted by molar-refractivity contribution is 7.90. The maximum absolute atomic E-state index is 12.9. The van der Waals surface area contributed by atoms with Crippen molar-refractivity contribution in [2.24, 2.45) is 0 Å². The molecule has 1 N–H and O–H groups in total. The van der Waals surface area contributed by atoms with Crippen LogP contribution < -0.4 is 5.32 Å². The van der Waals surface area contributed by atoms with E-state index >= 15 is 0 Å². The Hall–Kier alpha value is -1.09. The molecule has 0 bridgehead atoms. The topological polar surface area (TPSA) is 64.0 Å². The van der Waals surface area contributed by atoms with Crippen LogP contribution in [0.2, 0.25) is 0 Å². The summed E-state index contributed by atoms with van der Waals surface area (Å²) in [6.45, 7) is 0.634. The Labute approximate surface area is 108 Å². The van der Waals surface area contributed by atoms with Crippen molar-refractivity contribution in [3.8, 4) is 0 Å². The zero-order valence-corrected chi connectivity index (χ0v) is 11.1. The van der Waals surface area contributed by atoms with E-state index in [9.17, 15) is 21.6 Å². The first-order valence-electron chi connectivity index (χ1n) is 5.72. The summed E-state index contributed by atoms with van der Waals surface area (Å²) < 4.78 is 62.0.